The number of hydrogen-bond donors (Lipinski definition) is 2. The molecule has 2 N–H and O–H groups in total. The van der Waals surface area contributed by atoms with E-state index in [0.29, 0.717) is 19.3 Å². The van der Waals surface area contributed by atoms with Crippen LogP contribution in [0.5, 0.6) is 0 Å². The van der Waals surface area contributed by atoms with Crippen molar-refractivity contribution in [3.8, 4) is 0 Å². The molecule has 0 fully saturated rings. The molecular weight excluding hydrogens is 636 g/mol. The molecule has 0 aromatic carbocycles. The van der Waals surface area contributed by atoms with Gasteiger partial charge in [-0.15, -0.1) is 0 Å². The Morgan fingerprint density at radius 2 is 1.04 bits per heavy atom. The normalized spacial score (nSPS) is 13.3. The molecule has 51 heavy (non-hydrogen) atoms. The van der Waals surface area contributed by atoms with Crippen LogP contribution in [0, 0.1) is 0 Å². The third-order valence-corrected chi connectivity index (χ3v) is 9.21. The molecule has 0 aliphatic rings. The molecule has 0 aromatic heterocycles. The second-order valence-electron chi connectivity index (χ2n) is 14.3. The van der Waals surface area contributed by atoms with E-state index >= 15 is 0 Å². The summed E-state index contributed by atoms with van der Waals surface area (Å²) in [4.78, 5) is 24.3. The Kier molecular flexibility index (Phi) is 38.9. The third kappa shape index (κ3) is 38.9. The molecule has 0 spiro atoms. The zero-order valence-electron chi connectivity index (χ0n) is 33.2. The van der Waals surface area contributed by atoms with Crippen LogP contribution in [0.25, 0.3) is 0 Å². The molecule has 0 bridgehead atoms. The van der Waals surface area contributed by atoms with E-state index in [1.807, 2.05) is 42.5 Å². The lowest BCUT2D eigenvalue weighted by Gasteiger charge is -2.15. The van der Waals surface area contributed by atoms with Crippen molar-refractivity contribution in [3.05, 3.63) is 48.6 Å². The van der Waals surface area contributed by atoms with Crippen LogP contribution in [0.3, 0.4) is 0 Å². The van der Waals surface area contributed by atoms with Gasteiger partial charge < -0.3 is 19.7 Å². The monoisotopic (exact) mass is 717 g/mol. The van der Waals surface area contributed by atoms with Gasteiger partial charge in [0.15, 0.2) is 6.10 Å². The zero-order chi connectivity index (χ0) is 37.3. The van der Waals surface area contributed by atoms with Crippen LogP contribution in [0.4, 0.5) is 0 Å². The topological polar surface area (TPSA) is 93.1 Å². The molecule has 0 saturated heterocycles. The predicted octanol–water partition coefficient (Wildman–Crippen LogP) is 12.4. The first-order chi connectivity index (χ1) is 25.0. The summed E-state index contributed by atoms with van der Waals surface area (Å²) >= 11 is 0. The maximum absolute atomic E-state index is 12.2. The summed E-state index contributed by atoms with van der Waals surface area (Å²) in [5, 5.41) is 19.6. The fraction of sp³-hybridized carbons (Fsp3) is 0.778. The number of allylic oxidation sites excluding steroid dienone is 6. The summed E-state index contributed by atoms with van der Waals surface area (Å²) in [5.74, 6) is -0.693. The Morgan fingerprint density at radius 3 is 1.61 bits per heavy atom. The molecule has 0 saturated carbocycles. The fourth-order valence-electron chi connectivity index (χ4n) is 5.92. The van der Waals surface area contributed by atoms with E-state index < -0.39 is 18.2 Å². The van der Waals surface area contributed by atoms with Gasteiger partial charge in [-0.2, -0.15) is 0 Å². The quantitative estimate of drug-likeness (QED) is 0.0286. The van der Waals surface area contributed by atoms with Gasteiger partial charge in [-0.05, 0) is 44.9 Å². The average Bonchev–Trinajstić information content (AvgIpc) is 3.13. The molecule has 2 atom stereocenters. The van der Waals surface area contributed by atoms with Crippen molar-refractivity contribution in [2.75, 3.05) is 13.2 Å². The highest BCUT2D eigenvalue weighted by molar-refractivity contribution is 5.70. The van der Waals surface area contributed by atoms with E-state index in [4.69, 9.17) is 9.47 Å². The summed E-state index contributed by atoms with van der Waals surface area (Å²) < 4.78 is 10.6. The molecule has 0 rings (SSSR count). The van der Waals surface area contributed by atoms with Crippen LogP contribution < -0.4 is 0 Å². The van der Waals surface area contributed by atoms with Crippen molar-refractivity contribution in [1.82, 2.24) is 0 Å². The highest BCUT2D eigenvalue weighted by atomic mass is 16.6. The molecule has 6 nitrogen and oxygen atoms in total. The van der Waals surface area contributed by atoms with E-state index in [1.165, 1.54) is 122 Å². The maximum Gasteiger partial charge on any atom is 0.306 e. The number of hydrogen-bond acceptors (Lipinski definition) is 6. The first kappa shape index (κ1) is 48.8. The van der Waals surface area contributed by atoms with Crippen LogP contribution in [0.2, 0.25) is 0 Å². The summed E-state index contributed by atoms with van der Waals surface area (Å²) in [6, 6.07) is 0. The van der Waals surface area contributed by atoms with Crippen LogP contribution in [0.1, 0.15) is 200 Å². The van der Waals surface area contributed by atoms with Crippen LogP contribution in [-0.4, -0.2) is 47.6 Å². The first-order valence-corrected chi connectivity index (χ1v) is 21.3. The number of ether oxygens (including phenoxy) is 2. The lowest BCUT2D eigenvalue weighted by Crippen LogP contribution is -2.28. The van der Waals surface area contributed by atoms with Crippen molar-refractivity contribution in [3.63, 3.8) is 0 Å². The minimum absolute atomic E-state index is 0.104. The van der Waals surface area contributed by atoms with Gasteiger partial charge in [0.25, 0.3) is 0 Å². The number of unbranched alkanes of at least 4 members (excludes halogenated alkanes) is 22. The Balaban J connectivity index is 3.66. The number of esters is 2. The largest absolute Gasteiger partial charge is 0.462 e. The smallest absolute Gasteiger partial charge is 0.306 e. The molecular formula is C45H80O6. The Hall–Kier alpha value is -2.18. The predicted molar refractivity (Wildman–Crippen MR) is 216 cm³/mol. The van der Waals surface area contributed by atoms with Crippen LogP contribution >= 0.6 is 0 Å². The van der Waals surface area contributed by atoms with E-state index in [-0.39, 0.29) is 25.6 Å². The fourth-order valence-corrected chi connectivity index (χ4v) is 5.92. The molecule has 296 valence electrons. The van der Waals surface area contributed by atoms with Gasteiger partial charge in [0.05, 0.1) is 12.7 Å². The molecule has 6 heteroatoms. The van der Waals surface area contributed by atoms with Gasteiger partial charge in [-0.25, -0.2) is 0 Å². The number of carbonyl (C=O) groups is 2. The van der Waals surface area contributed by atoms with E-state index in [2.05, 4.69) is 19.9 Å². The Morgan fingerprint density at radius 1 is 0.549 bits per heavy atom. The third-order valence-electron chi connectivity index (χ3n) is 9.21. The van der Waals surface area contributed by atoms with Gasteiger partial charge in [-0.1, -0.05) is 191 Å². The highest BCUT2D eigenvalue weighted by Crippen LogP contribution is 2.15. The van der Waals surface area contributed by atoms with Crippen LogP contribution in [0.15, 0.2) is 48.6 Å². The summed E-state index contributed by atoms with van der Waals surface area (Å²) in [7, 11) is 0. The van der Waals surface area contributed by atoms with Crippen molar-refractivity contribution in [1.29, 1.82) is 0 Å². The minimum atomic E-state index is -0.820. The van der Waals surface area contributed by atoms with Gasteiger partial charge in [0, 0.05) is 12.8 Å². The summed E-state index contributed by atoms with van der Waals surface area (Å²) in [6.45, 7) is 4.00. The lowest BCUT2D eigenvalue weighted by atomic mass is 10.0. The highest BCUT2D eigenvalue weighted by Gasteiger charge is 2.16. The van der Waals surface area contributed by atoms with Crippen molar-refractivity contribution >= 4 is 11.9 Å². The molecule has 0 aromatic rings. The van der Waals surface area contributed by atoms with E-state index in [9.17, 15) is 19.8 Å². The van der Waals surface area contributed by atoms with Crippen molar-refractivity contribution in [2.45, 2.75) is 212 Å². The van der Waals surface area contributed by atoms with Gasteiger partial charge in [0.2, 0.25) is 0 Å². The number of rotatable bonds is 38. The van der Waals surface area contributed by atoms with Gasteiger partial charge in [0.1, 0.15) is 6.61 Å². The summed E-state index contributed by atoms with van der Waals surface area (Å²) in [5.41, 5.74) is 0. The maximum atomic E-state index is 12.2. The molecule has 0 aliphatic heterocycles. The average molecular weight is 717 g/mol. The minimum Gasteiger partial charge on any atom is -0.462 e. The SMILES string of the molecule is CCCCC/C=C\C=C/[C@H](O)C/C=C\C/C=C/CCCC(=O)O[C@@H](CO)COC(=O)CCCCCCCCCCCCCCCCCCCCC. The Bertz CT molecular complexity index is 876. The standard InChI is InChI=1S/C45H80O6/c1-3-5-7-9-11-12-13-14-15-16-17-18-19-20-21-22-26-30-34-38-44(48)50-41-43(40-46)51-45(49)39-35-31-27-23-25-29-33-37-42(47)36-32-28-24-10-8-6-4-2/h23-24,27-29,32-33,36,42-43,46-47H,3-22,25-26,30-31,34-35,37-41H2,1-2H3/b27-23+,28-24-,33-29-,36-32-/t42-,43-/m0/s1. The molecule has 0 amide bonds. The molecule has 0 aliphatic carbocycles. The molecule has 0 unspecified atom stereocenters. The zero-order valence-corrected chi connectivity index (χ0v) is 33.2. The summed E-state index contributed by atoms with van der Waals surface area (Å²) in [6.07, 6.45) is 47.8. The van der Waals surface area contributed by atoms with Gasteiger partial charge >= 0.3 is 11.9 Å². The first-order valence-electron chi connectivity index (χ1n) is 21.3. The van der Waals surface area contributed by atoms with E-state index in [1.54, 1.807) is 0 Å². The molecule has 0 heterocycles. The number of aliphatic hydroxyl groups excluding tert-OH is 2. The Labute approximate surface area is 314 Å². The van der Waals surface area contributed by atoms with Gasteiger partial charge in [-0.3, -0.25) is 9.59 Å². The number of carbonyl (C=O) groups excluding carboxylic acids is 2. The number of aliphatic hydroxyl groups is 2. The van der Waals surface area contributed by atoms with Crippen molar-refractivity contribution in [2.24, 2.45) is 0 Å². The second kappa shape index (κ2) is 40.6. The van der Waals surface area contributed by atoms with Crippen LogP contribution in [-0.2, 0) is 19.1 Å². The second-order valence-corrected chi connectivity index (χ2v) is 14.3. The van der Waals surface area contributed by atoms with Crippen molar-refractivity contribution < 1.29 is 29.3 Å². The van der Waals surface area contributed by atoms with E-state index in [0.717, 1.165) is 38.5 Å². The lowest BCUT2D eigenvalue weighted by molar-refractivity contribution is -0.161. The molecule has 0 radical (unpaired) electrons.